The summed E-state index contributed by atoms with van der Waals surface area (Å²) in [7, 11) is 0. The summed E-state index contributed by atoms with van der Waals surface area (Å²) in [6, 6.07) is 8.96. The summed E-state index contributed by atoms with van der Waals surface area (Å²) < 4.78 is 1.01. The van der Waals surface area contributed by atoms with E-state index >= 15 is 0 Å². The third-order valence-corrected chi connectivity index (χ3v) is 3.58. The molecule has 0 aliphatic carbocycles. The molecule has 0 aliphatic rings. The van der Waals surface area contributed by atoms with Crippen molar-refractivity contribution in [2.75, 3.05) is 13.2 Å². The number of aromatic amines is 1. The Morgan fingerprint density at radius 2 is 1.83 bits per heavy atom. The molecule has 0 atom stereocenters. The van der Waals surface area contributed by atoms with E-state index in [1.807, 2.05) is 6.07 Å². The Morgan fingerprint density at radius 3 is 2.42 bits per heavy atom. The van der Waals surface area contributed by atoms with Crippen LogP contribution in [0.1, 0.15) is 18.1 Å². The summed E-state index contributed by atoms with van der Waals surface area (Å²) in [4.78, 5) is 29.9. The molecule has 0 fully saturated rings. The Hall–Kier alpha value is -2.71. The van der Waals surface area contributed by atoms with Gasteiger partial charge in [-0.1, -0.05) is 30.3 Å². The molecule has 24 heavy (non-hydrogen) atoms. The third kappa shape index (κ3) is 3.79. The van der Waals surface area contributed by atoms with Gasteiger partial charge in [0.2, 0.25) is 5.88 Å². The van der Waals surface area contributed by atoms with Gasteiger partial charge in [0.25, 0.3) is 5.56 Å². The minimum atomic E-state index is -1.20. The van der Waals surface area contributed by atoms with Crippen molar-refractivity contribution in [1.82, 2.24) is 9.55 Å². The molecule has 0 radical (unpaired) electrons. The molecule has 0 amide bonds. The molecule has 0 saturated heterocycles. The van der Waals surface area contributed by atoms with E-state index in [4.69, 9.17) is 0 Å². The highest BCUT2D eigenvalue weighted by molar-refractivity contribution is 5.82. The van der Waals surface area contributed by atoms with Crippen molar-refractivity contribution in [2.45, 2.75) is 19.0 Å². The van der Waals surface area contributed by atoms with Gasteiger partial charge in [-0.25, -0.2) is 4.79 Å². The third-order valence-electron chi connectivity index (χ3n) is 3.58. The van der Waals surface area contributed by atoms with Crippen molar-refractivity contribution in [2.24, 2.45) is 4.99 Å². The molecule has 8 heteroatoms. The monoisotopic (exact) mass is 333 g/mol. The van der Waals surface area contributed by atoms with E-state index in [2.05, 4.69) is 9.98 Å². The normalized spacial score (nSPS) is 12.0. The molecule has 0 saturated carbocycles. The number of aromatic hydroxyl groups is 1. The quantitative estimate of drug-likeness (QED) is 0.528. The number of aliphatic hydroxyl groups excluding tert-OH is 2. The van der Waals surface area contributed by atoms with Crippen LogP contribution >= 0.6 is 0 Å². The fourth-order valence-electron chi connectivity index (χ4n) is 1.96. The van der Waals surface area contributed by atoms with E-state index < -0.39 is 35.9 Å². The van der Waals surface area contributed by atoms with Crippen molar-refractivity contribution >= 4 is 6.21 Å². The number of hydrogen-bond acceptors (Lipinski definition) is 6. The van der Waals surface area contributed by atoms with Crippen LogP contribution in [0.5, 0.6) is 5.88 Å². The summed E-state index contributed by atoms with van der Waals surface area (Å²) in [5, 5.41) is 28.7. The van der Waals surface area contributed by atoms with Crippen molar-refractivity contribution in [1.29, 1.82) is 0 Å². The van der Waals surface area contributed by atoms with Crippen LogP contribution in [0.3, 0.4) is 0 Å². The maximum atomic E-state index is 12.0. The second-order valence-corrected chi connectivity index (χ2v) is 5.64. The van der Waals surface area contributed by atoms with Crippen molar-refractivity contribution < 1.29 is 15.3 Å². The maximum Gasteiger partial charge on any atom is 0.331 e. The number of aliphatic hydroxyl groups is 2. The summed E-state index contributed by atoms with van der Waals surface area (Å²) >= 11 is 0. The number of H-pyrrole nitrogens is 1. The highest BCUT2D eigenvalue weighted by atomic mass is 16.3. The van der Waals surface area contributed by atoms with Gasteiger partial charge in [-0.2, -0.15) is 0 Å². The number of aromatic nitrogens is 2. The van der Waals surface area contributed by atoms with Crippen molar-refractivity contribution in [3.05, 3.63) is 62.3 Å². The maximum absolute atomic E-state index is 12.0. The zero-order valence-electron chi connectivity index (χ0n) is 13.1. The molecule has 0 unspecified atom stereocenters. The van der Waals surface area contributed by atoms with Gasteiger partial charge in [-0.3, -0.25) is 19.3 Å². The van der Waals surface area contributed by atoms with Crippen LogP contribution < -0.4 is 11.2 Å². The first-order chi connectivity index (χ1) is 11.4. The Kier molecular flexibility index (Phi) is 5.32. The molecule has 8 nitrogen and oxygen atoms in total. The topological polar surface area (TPSA) is 128 Å². The predicted octanol–water partition coefficient (Wildman–Crippen LogP) is -0.547. The fraction of sp³-hybridized carbons (Fsp3) is 0.312. The van der Waals surface area contributed by atoms with Crippen LogP contribution in [0.15, 0.2) is 44.9 Å². The van der Waals surface area contributed by atoms with Crippen LogP contribution in [0.4, 0.5) is 0 Å². The lowest BCUT2D eigenvalue weighted by Gasteiger charge is -2.18. The molecule has 4 N–H and O–H groups in total. The molecule has 0 spiro atoms. The van der Waals surface area contributed by atoms with Gasteiger partial charge in [0.15, 0.2) is 0 Å². The Labute approximate surface area is 137 Å². The first-order valence-electron chi connectivity index (χ1n) is 7.27. The number of hydrogen-bond donors (Lipinski definition) is 4. The highest BCUT2D eigenvalue weighted by Crippen LogP contribution is 2.13. The summed E-state index contributed by atoms with van der Waals surface area (Å²) in [6.07, 6.45) is 1.04. The molecular weight excluding hydrogens is 314 g/mol. The number of rotatable bonds is 6. The first-order valence-corrected chi connectivity index (χ1v) is 7.27. The zero-order chi connectivity index (χ0) is 17.7. The van der Waals surface area contributed by atoms with Crippen LogP contribution in [-0.4, -0.2) is 49.8 Å². The Balaban J connectivity index is 2.47. The van der Waals surface area contributed by atoms with Gasteiger partial charge in [0, 0.05) is 6.21 Å². The van der Waals surface area contributed by atoms with Gasteiger partial charge in [0.05, 0.1) is 19.8 Å². The zero-order valence-corrected chi connectivity index (χ0v) is 13.1. The molecule has 0 bridgehead atoms. The number of nitrogens with one attached hydrogen (secondary N) is 1. The Bertz CT molecular complexity index is 835. The average molecular weight is 333 g/mol. The van der Waals surface area contributed by atoms with E-state index in [0.29, 0.717) is 0 Å². The number of nitrogens with zero attached hydrogens (tertiary/aromatic N) is 2. The summed E-state index contributed by atoms with van der Waals surface area (Å²) in [5.41, 5.74) is -2.20. The minimum Gasteiger partial charge on any atom is -0.494 e. The average Bonchev–Trinajstić information content (AvgIpc) is 2.59. The second kappa shape index (κ2) is 7.24. The minimum absolute atomic E-state index is 0.0698. The van der Waals surface area contributed by atoms with Crippen molar-refractivity contribution in [3.8, 4) is 5.88 Å². The molecule has 0 aliphatic heterocycles. The Morgan fingerprint density at radius 1 is 1.21 bits per heavy atom. The van der Waals surface area contributed by atoms with Crippen LogP contribution in [0.2, 0.25) is 0 Å². The molecule has 1 aromatic carbocycles. The number of benzene rings is 1. The second-order valence-electron chi connectivity index (χ2n) is 5.64. The molecule has 1 aromatic heterocycles. The molecular formula is C16H19N3O5. The summed E-state index contributed by atoms with van der Waals surface area (Å²) in [6.45, 7) is 0.666. The molecule has 1 heterocycles. The van der Waals surface area contributed by atoms with E-state index in [-0.39, 0.29) is 12.1 Å². The van der Waals surface area contributed by atoms with Crippen LogP contribution in [-0.2, 0) is 6.54 Å². The van der Waals surface area contributed by atoms with Crippen molar-refractivity contribution in [3.63, 3.8) is 0 Å². The highest BCUT2D eigenvalue weighted by Gasteiger charge is 2.21. The van der Waals surface area contributed by atoms with E-state index in [1.54, 1.807) is 24.3 Å². The predicted molar refractivity (Wildman–Crippen MR) is 88.7 cm³/mol. The van der Waals surface area contributed by atoms with Gasteiger partial charge in [0.1, 0.15) is 11.1 Å². The SMILES string of the molecule is CC(CO)(CO)N=Cc1c(O)n(Cc2ccccc2)c(=O)[nH]c1=O. The van der Waals surface area contributed by atoms with Gasteiger partial charge < -0.3 is 15.3 Å². The lowest BCUT2D eigenvalue weighted by Crippen LogP contribution is -2.34. The summed E-state index contributed by atoms with van der Waals surface area (Å²) in [5.74, 6) is -0.533. The van der Waals surface area contributed by atoms with E-state index in [1.165, 1.54) is 6.92 Å². The first kappa shape index (κ1) is 17.6. The van der Waals surface area contributed by atoms with E-state index in [9.17, 15) is 24.9 Å². The van der Waals surface area contributed by atoms with Crippen LogP contribution in [0.25, 0.3) is 0 Å². The fourth-order valence-corrected chi connectivity index (χ4v) is 1.96. The van der Waals surface area contributed by atoms with Crippen LogP contribution in [0, 0.1) is 0 Å². The van der Waals surface area contributed by atoms with Gasteiger partial charge >= 0.3 is 5.69 Å². The lowest BCUT2D eigenvalue weighted by molar-refractivity contribution is 0.136. The molecule has 128 valence electrons. The largest absolute Gasteiger partial charge is 0.494 e. The number of aliphatic imine (C=N–C) groups is 1. The molecule has 2 aromatic rings. The lowest BCUT2D eigenvalue weighted by atomic mass is 10.1. The van der Waals surface area contributed by atoms with E-state index in [0.717, 1.165) is 16.3 Å². The smallest absolute Gasteiger partial charge is 0.331 e. The van der Waals surface area contributed by atoms with Gasteiger partial charge in [-0.05, 0) is 12.5 Å². The molecule has 2 rings (SSSR count). The van der Waals surface area contributed by atoms with Gasteiger partial charge in [-0.15, -0.1) is 0 Å². The standard InChI is InChI=1S/C16H19N3O5/c1-16(9-20,10-21)17-7-12-13(22)18-15(24)19(14(12)23)8-11-5-3-2-4-6-11/h2-7,20-21,23H,8-10H2,1H3,(H,18,22,24).